The summed E-state index contributed by atoms with van der Waals surface area (Å²) in [5.74, 6) is -1.21. The minimum Gasteiger partial charge on any atom is -0.481 e. The molecule has 1 saturated heterocycles. The number of carbonyl (C=O) groups excluding carboxylic acids is 1. The third-order valence-electron chi connectivity index (χ3n) is 6.35. The fourth-order valence-corrected chi connectivity index (χ4v) is 4.54. The van der Waals surface area contributed by atoms with Crippen molar-refractivity contribution < 1.29 is 19.8 Å². The number of β-amino-alcohol motifs (C(OH)–C–C–N with tert-alkyl or cyclic N) is 1. The summed E-state index contributed by atoms with van der Waals surface area (Å²) in [5, 5.41) is 20.7. The molecular weight excluding hydrogens is 368 g/mol. The minimum absolute atomic E-state index is 0.00898. The molecule has 1 aromatic carbocycles. The van der Waals surface area contributed by atoms with Crippen molar-refractivity contribution >= 4 is 11.9 Å². The van der Waals surface area contributed by atoms with Crippen molar-refractivity contribution in [1.82, 2.24) is 9.88 Å². The molecular formula is C23H26N2O4. The number of benzene rings is 1. The Morgan fingerprint density at radius 1 is 1.17 bits per heavy atom. The van der Waals surface area contributed by atoms with Crippen LogP contribution in [0.15, 0.2) is 42.6 Å². The summed E-state index contributed by atoms with van der Waals surface area (Å²) in [7, 11) is 0. The maximum atomic E-state index is 13.0. The Kier molecular flexibility index (Phi) is 5.37. The fraction of sp³-hybridized carbons (Fsp3) is 0.435. The topological polar surface area (TPSA) is 90.7 Å². The van der Waals surface area contributed by atoms with Gasteiger partial charge in [0.15, 0.2) is 0 Å². The molecule has 1 amide bonds. The highest BCUT2D eigenvalue weighted by Gasteiger charge is 2.49. The van der Waals surface area contributed by atoms with Crippen LogP contribution >= 0.6 is 0 Å². The number of hydrogen-bond donors (Lipinski definition) is 2. The quantitative estimate of drug-likeness (QED) is 0.831. The first-order chi connectivity index (χ1) is 14.0. The number of aryl methyl sites for hydroxylation is 2. The molecule has 6 nitrogen and oxygen atoms in total. The van der Waals surface area contributed by atoms with Crippen LogP contribution in [-0.2, 0) is 24.1 Å². The lowest BCUT2D eigenvalue weighted by Crippen LogP contribution is -2.57. The summed E-state index contributed by atoms with van der Waals surface area (Å²) in [6.45, 7) is 0.307. The summed E-state index contributed by atoms with van der Waals surface area (Å²) in [6, 6.07) is 11.2. The zero-order chi connectivity index (χ0) is 20.4. The van der Waals surface area contributed by atoms with Gasteiger partial charge in [0.05, 0.1) is 11.7 Å². The van der Waals surface area contributed by atoms with Gasteiger partial charge in [-0.05, 0) is 55.7 Å². The molecule has 29 heavy (non-hydrogen) atoms. The van der Waals surface area contributed by atoms with Crippen molar-refractivity contribution in [3.05, 3.63) is 65.0 Å². The zero-order valence-corrected chi connectivity index (χ0v) is 16.4. The number of rotatable bonds is 4. The van der Waals surface area contributed by atoms with Crippen molar-refractivity contribution in [2.75, 3.05) is 13.1 Å². The first kappa shape index (κ1) is 19.6. The van der Waals surface area contributed by atoms with E-state index in [2.05, 4.69) is 4.98 Å². The van der Waals surface area contributed by atoms with E-state index in [1.807, 2.05) is 36.4 Å². The Bertz CT molecular complexity index is 914. The number of aliphatic hydroxyl groups excluding tert-OH is 1. The van der Waals surface area contributed by atoms with E-state index in [1.165, 1.54) is 0 Å². The molecule has 6 heteroatoms. The predicted molar refractivity (Wildman–Crippen MR) is 108 cm³/mol. The van der Waals surface area contributed by atoms with Crippen molar-refractivity contribution in [1.29, 1.82) is 0 Å². The molecule has 4 rings (SSSR count). The third kappa shape index (κ3) is 3.77. The van der Waals surface area contributed by atoms with Crippen LogP contribution < -0.4 is 0 Å². The number of nitrogens with zero attached hydrogens (tertiary/aromatic N) is 2. The Balaban J connectivity index is 1.51. The van der Waals surface area contributed by atoms with Gasteiger partial charge in [-0.15, -0.1) is 0 Å². The number of aliphatic hydroxyl groups is 1. The number of aromatic nitrogens is 1. The molecule has 0 saturated carbocycles. The molecule has 2 aromatic rings. The van der Waals surface area contributed by atoms with Gasteiger partial charge in [-0.2, -0.15) is 0 Å². The number of carboxylic acids is 1. The standard InChI is InChI=1S/C23H26N2O4/c26-20-15-25(21(27)18-12-17-8-4-5-9-19(17)24-14-18)11-10-23(20,22(28)29)13-16-6-2-1-3-7-16/h1-3,6-7,12,14,20,26H,4-5,8-11,13,15H2,(H,28,29)/t20-,23-/m1/s1. The first-order valence-corrected chi connectivity index (χ1v) is 10.2. The van der Waals surface area contributed by atoms with E-state index < -0.39 is 17.5 Å². The lowest BCUT2D eigenvalue weighted by molar-refractivity contribution is -0.161. The molecule has 1 fully saturated rings. The molecule has 0 unspecified atom stereocenters. The molecule has 2 atom stereocenters. The number of carbonyl (C=O) groups is 2. The number of carboxylic acid groups (broad SMARTS) is 1. The molecule has 0 bridgehead atoms. The highest BCUT2D eigenvalue weighted by atomic mass is 16.4. The molecule has 152 valence electrons. The third-order valence-corrected chi connectivity index (χ3v) is 6.35. The average Bonchev–Trinajstić information content (AvgIpc) is 2.75. The Morgan fingerprint density at radius 2 is 1.93 bits per heavy atom. The van der Waals surface area contributed by atoms with Crippen LogP contribution in [0.25, 0.3) is 0 Å². The van der Waals surface area contributed by atoms with Crippen LogP contribution in [0.1, 0.15) is 46.4 Å². The van der Waals surface area contributed by atoms with E-state index in [9.17, 15) is 19.8 Å². The van der Waals surface area contributed by atoms with Gasteiger partial charge in [-0.1, -0.05) is 30.3 Å². The smallest absolute Gasteiger partial charge is 0.312 e. The van der Waals surface area contributed by atoms with Crippen LogP contribution in [0.4, 0.5) is 0 Å². The summed E-state index contributed by atoms with van der Waals surface area (Å²) >= 11 is 0. The summed E-state index contributed by atoms with van der Waals surface area (Å²) < 4.78 is 0. The Hall–Kier alpha value is -2.73. The maximum Gasteiger partial charge on any atom is 0.312 e. The van der Waals surface area contributed by atoms with Gasteiger partial charge in [-0.3, -0.25) is 14.6 Å². The van der Waals surface area contributed by atoms with Gasteiger partial charge in [0.1, 0.15) is 5.41 Å². The number of aliphatic carboxylic acids is 1. The molecule has 2 N–H and O–H groups in total. The van der Waals surface area contributed by atoms with E-state index in [0.29, 0.717) is 12.1 Å². The molecule has 2 aliphatic rings. The van der Waals surface area contributed by atoms with Crippen LogP contribution in [0.5, 0.6) is 0 Å². The van der Waals surface area contributed by atoms with Gasteiger partial charge in [-0.25, -0.2) is 0 Å². The predicted octanol–water partition coefficient (Wildman–Crippen LogP) is 2.48. The Morgan fingerprint density at radius 3 is 2.66 bits per heavy atom. The number of likely N-dealkylation sites (tertiary alicyclic amines) is 1. The van der Waals surface area contributed by atoms with Crippen molar-refractivity contribution in [2.24, 2.45) is 5.41 Å². The largest absolute Gasteiger partial charge is 0.481 e. The van der Waals surface area contributed by atoms with Gasteiger partial charge >= 0.3 is 5.97 Å². The normalized spacial score (nSPS) is 24.0. The fourth-order valence-electron chi connectivity index (χ4n) is 4.54. The lowest BCUT2D eigenvalue weighted by atomic mass is 9.71. The monoisotopic (exact) mass is 394 g/mol. The van der Waals surface area contributed by atoms with E-state index in [-0.39, 0.29) is 25.3 Å². The number of piperidine rings is 1. The summed E-state index contributed by atoms with van der Waals surface area (Å²) in [4.78, 5) is 31.1. The van der Waals surface area contributed by atoms with Crippen molar-refractivity contribution in [2.45, 2.75) is 44.6 Å². The maximum absolute atomic E-state index is 13.0. The second-order valence-electron chi connectivity index (χ2n) is 8.18. The molecule has 1 aliphatic carbocycles. The molecule has 2 heterocycles. The number of pyridine rings is 1. The SMILES string of the molecule is O=C(c1cnc2c(c1)CCCC2)N1CC[C@](Cc2ccccc2)(C(=O)O)[C@H](O)C1. The van der Waals surface area contributed by atoms with Crippen LogP contribution in [0, 0.1) is 5.41 Å². The van der Waals surface area contributed by atoms with Crippen molar-refractivity contribution in [3.63, 3.8) is 0 Å². The summed E-state index contributed by atoms with van der Waals surface area (Å²) in [5.41, 5.74) is 2.30. The van der Waals surface area contributed by atoms with Gasteiger partial charge in [0, 0.05) is 25.0 Å². The zero-order valence-electron chi connectivity index (χ0n) is 16.4. The van der Waals surface area contributed by atoms with Crippen LogP contribution in [-0.4, -0.2) is 51.2 Å². The average molecular weight is 394 g/mol. The van der Waals surface area contributed by atoms with E-state index in [4.69, 9.17) is 0 Å². The Labute approximate surface area is 170 Å². The molecule has 0 radical (unpaired) electrons. The highest BCUT2D eigenvalue weighted by Crippen LogP contribution is 2.36. The number of amides is 1. The van der Waals surface area contributed by atoms with E-state index in [0.717, 1.165) is 42.5 Å². The molecule has 0 spiro atoms. The molecule has 1 aliphatic heterocycles. The van der Waals surface area contributed by atoms with Crippen LogP contribution in [0.3, 0.4) is 0 Å². The van der Waals surface area contributed by atoms with Crippen LogP contribution in [0.2, 0.25) is 0 Å². The highest BCUT2D eigenvalue weighted by molar-refractivity contribution is 5.94. The minimum atomic E-state index is -1.29. The summed E-state index contributed by atoms with van der Waals surface area (Å²) in [6.07, 6.45) is 5.05. The van der Waals surface area contributed by atoms with Gasteiger partial charge in [0.25, 0.3) is 5.91 Å². The van der Waals surface area contributed by atoms with E-state index >= 15 is 0 Å². The van der Waals surface area contributed by atoms with E-state index in [1.54, 1.807) is 11.1 Å². The first-order valence-electron chi connectivity index (χ1n) is 10.2. The van der Waals surface area contributed by atoms with Gasteiger partial charge < -0.3 is 15.1 Å². The number of hydrogen-bond acceptors (Lipinski definition) is 4. The lowest BCUT2D eigenvalue weighted by Gasteiger charge is -2.43. The second-order valence-corrected chi connectivity index (χ2v) is 8.18. The molecule has 1 aromatic heterocycles. The second kappa shape index (κ2) is 7.95. The van der Waals surface area contributed by atoms with Gasteiger partial charge in [0.2, 0.25) is 0 Å². The number of fused-ring (bicyclic) bond motifs is 1. The van der Waals surface area contributed by atoms with Crippen molar-refractivity contribution in [3.8, 4) is 0 Å².